The van der Waals surface area contributed by atoms with Crippen molar-refractivity contribution in [2.24, 2.45) is 5.92 Å². The van der Waals surface area contributed by atoms with Gasteiger partial charge in [0.05, 0.1) is 40.7 Å². The molecule has 2 aliphatic rings. The molecule has 1 N–H and O–H groups in total. The summed E-state index contributed by atoms with van der Waals surface area (Å²) in [5.41, 5.74) is 1.99. The Morgan fingerprint density at radius 3 is 2.73 bits per heavy atom. The number of benzene rings is 1. The van der Waals surface area contributed by atoms with Crippen molar-refractivity contribution < 1.29 is 13.9 Å². The molecule has 176 valence electrons. The number of rotatable bonds is 4. The zero-order valence-electron chi connectivity index (χ0n) is 19.4. The maximum absolute atomic E-state index is 15.0. The van der Waals surface area contributed by atoms with E-state index < -0.39 is 5.82 Å². The Hall–Kier alpha value is -2.29. The van der Waals surface area contributed by atoms with Crippen LogP contribution in [-0.4, -0.2) is 51.0 Å². The van der Waals surface area contributed by atoms with Crippen LogP contribution < -0.4 is 5.32 Å². The summed E-state index contributed by atoms with van der Waals surface area (Å²) in [4.78, 5) is 13.5. The molecule has 2 fully saturated rings. The minimum atomic E-state index is -0.395. The molecule has 0 radical (unpaired) electrons. The first-order chi connectivity index (χ1) is 15.8. The van der Waals surface area contributed by atoms with Gasteiger partial charge in [0.15, 0.2) is 5.82 Å². The molecule has 5 rings (SSSR count). The van der Waals surface area contributed by atoms with E-state index in [1.165, 1.54) is 6.07 Å². The maximum Gasteiger partial charge on any atom is 0.223 e. The fourth-order valence-electron chi connectivity index (χ4n) is 5.24. The van der Waals surface area contributed by atoms with Gasteiger partial charge in [0, 0.05) is 43.6 Å². The quantitative estimate of drug-likeness (QED) is 0.563. The number of imidazole rings is 1. The van der Waals surface area contributed by atoms with Crippen LogP contribution >= 0.6 is 11.6 Å². The van der Waals surface area contributed by atoms with Crippen molar-refractivity contribution in [3.05, 3.63) is 35.0 Å². The third-order valence-corrected chi connectivity index (χ3v) is 7.37. The molecule has 2 aliphatic heterocycles. The Kier molecular flexibility index (Phi) is 5.79. The van der Waals surface area contributed by atoms with Gasteiger partial charge in [0.25, 0.3) is 0 Å². The van der Waals surface area contributed by atoms with Crippen molar-refractivity contribution >= 4 is 28.6 Å². The fraction of sp³-hybridized carbons (Fsp3) is 0.542. The van der Waals surface area contributed by atoms with Crippen molar-refractivity contribution in [3.8, 4) is 11.3 Å². The number of aryl methyl sites for hydroxylation is 1. The Bertz CT molecular complexity index is 1190. The number of fused-ring (bicyclic) bond motifs is 1. The molecular formula is C24H29ClFN5O2. The minimum Gasteiger partial charge on any atom is -0.381 e. The van der Waals surface area contributed by atoms with Crippen LogP contribution in [0.2, 0.25) is 5.02 Å². The number of nitrogens with one attached hydrogen (secondary N) is 1. The third-order valence-electron chi connectivity index (χ3n) is 7.10. The topological polar surface area (TPSA) is 74.1 Å². The van der Waals surface area contributed by atoms with E-state index in [1.54, 1.807) is 6.20 Å². The first kappa shape index (κ1) is 22.5. The largest absolute Gasteiger partial charge is 0.381 e. The van der Waals surface area contributed by atoms with Crippen LogP contribution in [0.25, 0.3) is 22.3 Å². The second kappa shape index (κ2) is 8.49. The zero-order valence-corrected chi connectivity index (χ0v) is 20.1. The SMILES string of the molecule is Cc1nc2c(F)cc(-c3nc(NC4COC5(CCOCC5)[C@H]4C)ncc3Cl)cc2n1C(C)C. The Labute approximate surface area is 197 Å². The van der Waals surface area contributed by atoms with Gasteiger partial charge in [-0.05, 0) is 32.9 Å². The van der Waals surface area contributed by atoms with Gasteiger partial charge in [-0.1, -0.05) is 18.5 Å². The molecule has 2 aromatic heterocycles. The molecule has 2 saturated heterocycles. The second-order valence-electron chi connectivity index (χ2n) is 9.37. The van der Waals surface area contributed by atoms with E-state index in [-0.39, 0.29) is 23.6 Å². The lowest BCUT2D eigenvalue weighted by Gasteiger charge is -2.37. The molecule has 1 aromatic carbocycles. The van der Waals surface area contributed by atoms with Crippen molar-refractivity contribution in [3.63, 3.8) is 0 Å². The molecule has 33 heavy (non-hydrogen) atoms. The van der Waals surface area contributed by atoms with E-state index >= 15 is 0 Å². The van der Waals surface area contributed by atoms with Gasteiger partial charge < -0.3 is 19.4 Å². The van der Waals surface area contributed by atoms with Crippen molar-refractivity contribution in [2.45, 2.75) is 58.2 Å². The van der Waals surface area contributed by atoms with Crippen LogP contribution in [-0.2, 0) is 9.47 Å². The lowest BCUT2D eigenvalue weighted by atomic mass is 9.80. The molecule has 7 nitrogen and oxygen atoms in total. The summed E-state index contributed by atoms with van der Waals surface area (Å²) in [5, 5.41) is 3.79. The smallest absolute Gasteiger partial charge is 0.223 e. The van der Waals surface area contributed by atoms with Crippen molar-refractivity contribution in [1.29, 1.82) is 0 Å². The summed E-state index contributed by atoms with van der Waals surface area (Å²) in [6.07, 6.45) is 3.34. The van der Waals surface area contributed by atoms with Crippen molar-refractivity contribution in [1.82, 2.24) is 19.5 Å². The molecule has 0 aliphatic carbocycles. The number of hydrogen-bond donors (Lipinski definition) is 1. The highest BCUT2D eigenvalue weighted by Gasteiger charge is 2.48. The normalized spacial score (nSPS) is 22.5. The van der Waals surface area contributed by atoms with E-state index in [4.69, 9.17) is 21.1 Å². The van der Waals surface area contributed by atoms with Gasteiger partial charge in [-0.3, -0.25) is 0 Å². The first-order valence-electron chi connectivity index (χ1n) is 11.5. The van der Waals surface area contributed by atoms with E-state index in [9.17, 15) is 4.39 Å². The highest BCUT2D eigenvalue weighted by Crippen LogP contribution is 2.41. The first-order valence-corrected chi connectivity index (χ1v) is 11.9. The number of aromatic nitrogens is 4. The highest BCUT2D eigenvalue weighted by molar-refractivity contribution is 6.33. The van der Waals surface area contributed by atoms with Gasteiger partial charge in [0.2, 0.25) is 5.95 Å². The molecule has 3 aromatic rings. The number of ether oxygens (including phenoxy) is 2. The monoisotopic (exact) mass is 473 g/mol. The Balaban J connectivity index is 1.47. The molecule has 1 unspecified atom stereocenters. The van der Waals surface area contributed by atoms with Gasteiger partial charge >= 0.3 is 0 Å². The number of anilines is 1. The van der Waals surface area contributed by atoms with E-state index in [0.717, 1.165) is 37.4 Å². The molecule has 1 spiro atoms. The third kappa shape index (κ3) is 3.88. The molecule has 9 heteroatoms. The highest BCUT2D eigenvalue weighted by atomic mass is 35.5. The second-order valence-corrected chi connectivity index (χ2v) is 9.77. The molecule has 0 amide bonds. The molecule has 2 atom stereocenters. The predicted molar refractivity (Wildman–Crippen MR) is 126 cm³/mol. The van der Waals surface area contributed by atoms with Crippen LogP contribution in [0.15, 0.2) is 18.3 Å². The summed E-state index contributed by atoms with van der Waals surface area (Å²) in [7, 11) is 0. The predicted octanol–water partition coefficient (Wildman–Crippen LogP) is 5.17. The average Bonchev–Trinajstić information content (AvgIpc) is 3.27. The lowest BCUT2D eigenvalue weighted by molar-refractivity contribution is -0.0945. The van der Waals surface area contributed by atoms with Crippen LogP contribution in [0, 0.1) is 18.7 Å². The molecule has 0 saturated carbocycles. The van der Waals surface area contributed by atoms with Gasteiger partial charge in [-0.15, -0.1) is 0 Å². The summed E-state index contributed by atoms with van der Waals surface area (Å²) in [6.45, 7) is 10.2. The van der Waals surface area contributed by atoms with Gasteiger partial charge in [-0.25, -0.2) is 19.3 Å². The molecular weight excluding hydrogens is 445 g/mol. The maximum atomic E-state index is 15.0. The average molecular weight is 474 g/mol. The number of halogens is 2. The molecule has 4 heterocycles. The summed E-state index contributed by atoms with van der Waals surface area (Å²) in [5.74, 6) is 1.10. The lowest BCUT2D eigenvalue weighted by Crippen LogP contribution is -2.43. The van der Waals surface area contributed by atoms with E-state index in [2.05, 4.69) is 41.0 Å². The number of hydrogen-bond acceptors (Lipinski definition) is 6. The Morgan fingerprint density at radius 2 is 2.00 bits per heavy atom. The van der Waals surface area contributed by atoms with Gasteiger partial charge in [0.1, 0.15) is 11.3 Å². The summed E-state index contributed by atoms with van der Waals surface area (Å²) < 4.78 is 28.8. The summed E-state index contributed by atoms with van der Waals surface area (Å²) >= 11 is 6.47. The van der Waals surface area contributed by atoms with Crippen LogP contribution in [0.1, 0.15) is 45.5 Å². The van der Waals surface area contributed by atoms with E-state index in [0.29, 0.717) is 34.4 Å². The van der Waals surface area contributed by atoms with Crippen LogP contribution in [0.4, 0.5) is 10.3 Å². The van der Waals surface area contributed by atoms with Crippen molar-refractivity contribution in [2.75, 3.05) is 25.1 Å². The molecule has 0 bridgehead atoms. The van der Waals surface area contributed by atoms with Crippen LogP contribution in [0.5, 0.6) is 0 Å². The minimum absolute atomic E-state index is 0.0707. The fourth-order valence-corrected chi connectivity index (χ4v) is 5.44. The summed E-state index contributed by atoms with van der Waals surface area (Å²) in [6, 6.07) is 3.55. The van der Waals surface area contributed by atoms with Crippen LogP contribution in [0.3, 0.4) is 0 Å². The zero-order chi connectivity index (χ0) is 23.3. The Morgan fingerprint density at radius 1 is 1.24 bits per heavy atom. The number of nitrogens with zero attached hydrogens (tertiary/aromatic N) is 4. The standard InChI is InChI=1S/C24H29ClFN5O2/c1-13(2)31-15(4)28-22-18(26)9-16(10-20(22)31)21-17(25)11-27-23(30-21)29-19-12-33-24(14(19)3)5-7-32-8-6-24/h9-11,13-14,19H,5-8,12H2,1-4H3,(H,27,29,30)/t14-,19?/m0/s1. The van der Waals surface area contributed by atoms with E-state index in [1.807, 2.05) is 17.6 Å². The van der Waals surface area contributed by atoms with Gasteiger partial charge in [-0.2, -0.15) is 0 Å².